The van der Waals surface area contributed by atoms with Gasteiger partial charge in [0.25, 0.3) is 0 Å². The highest BCUT2D eigenvalue weighted by atomic mass is 35.5. The van der Waals surface area contributed by atoms with E-state index < -0.39 is 11.5 Å². The lowest BCUT2D eigenvalue weighted by Gasteiger charge is -2.13. The summed E-state index contributed by atoms with van der Waals surface area (Å²) in [7, 11) is 1.47. The third-order valence-electron chi connectivity index (χ3n) is 3.96. The molecule has 0 amide bonds. The monoisotopic (exact) mass is 362 g/mol. The number of hydrogen-bond acceptors (Lipinski definition) is 4. The second-order valence-electron chi connectivity index (χ2n) is 5.69. The van der Waals surface area contributed by atoms with Crippen LogP contribution in [0.3, 0.4) is 0 Å². The van der Waals surface area contributed by atoms with Crippen molar-refractivity contribution in [3.05, 3.63) is 68.3 Å². The number of nitrogens with zero attached hydrogens (tertiary/aromatic N) is 4. The molecule has 0 unspecified atom stereocenters. The average Bonchev–Trinajstić information content (AvgIpc) is 2.90. The van der Waals surface area contributed by atoms with Crippen LogP contribution in [0.4, 0.5) is 4.39 Å². The zero-order chi connectivity index (χ0) is 18.1. The SMILES string of the molecule is Cc1cc(Cl)c(OCc2c(F)cccc2-n2nnn(C)c2=O)cc1C. The number of tetrazole rings is 1. The lowest BCUT2D eigenvalue weighted by molar-refractivity contribution is 0.299. The van der Waals surface area contributed by atoms with Gasteiger partial charge in [-0.3, -0.25) is 0 Å². The van der Waals surface area contributed by atoms with Crippen LogP contribution in [0.1, 0.15) is 16.7 Å². The maximum Gasteiger partial charge on any atom is 0.368 e. The van der Waals surface area contributed by atoms with Crippen LogP contribution in [0.5, 0.6) is 5.75 Å². The lowest BCUT2D eigenvalue weighted by Crippen LogP contribution is -2.23. The van der Waals surface area contributed by atoms with Gasteiger partial charge in [0.2, 0.25) is 0 Å². The Kier molecular flexibility index (Phi) is 4.59. The standard InChI is InChI=1S/C17H16ClFN4O2/c1-10-7-13(18)16(8-11(10)2)25-9-12-14(19)5-4-6-15(12)23-17(24)22(3)20-21-23/h4-8H,9H2,1-3H3. The number of benzene rings is 2. The number of ether oxygens (including phenoxy) is 1. The van der Waals surface area contributed by atoms with Crippen LogP contribution in [0.25, 0.3) is 5.69 Å². The van der Waals surface area contributed by atoms with E-state index in [0.717, 1.165) is 20.5 Å². The van der Waals surface area contributed by atoms with Gasteiger partial charge in [0.05, 0.1) is 16.3 Å². The molecule has 3 aromatic rings. The number of rotatable bonds is 4. The Labute approximate surface area is 148 Å². The molecular weight excluding hydrogens is 347 g/mol. The zero-order valence-electron chi connectivity index (χ0n) is 14.0. The quantitative estimate of drug-likeness (QED) is 0.716. The summed E-state index contributed by atoms with van der Waals surface area (Å²) < 4.78 is 22.1. The molecule has 0 radical (unpaired) electrons. The first kappa shape index (κ1) is 17.2. The molecule has 1 heterocycles. The third kappa shape index (κ3) is 3.28. The molecule has 130 valence electrons. The molecule has 6 nitrogen and oxygen atoms in total. The van der Waals surface area contributed by atoms with Crippen LogP contribution in [0.2, 0.25) is 5.02 Å². The summed E-state index contributed by atoms with van der Waals surface area (Å²) in [5, 5.41) is 7.85. The molecule has 0 spiro atoms. The minimum Gasteiger partial charge on any atom is -0.487 e. The molecule has 8 heteroatoms. The second-order valence-corrected chi connectivity index (χ2v) is 6.10. The summed E-state index contributed by atoms with van der Waals surface area (Å²) in [6.07, 6.45) is 0. The van der Waals surface area contributed by atoms with Crippen molar-refractivity contribution in [2.24, 2.45) is 7.05 Å². The van der Waals surface area contributed by atoms with E-state index in [9.17, 15) is 9.18 Å². The first-order valence-corrected chi connectivity index (χ1v) is 7.92. The van der Waals surface area contributed by atoms with E-state index in [1.54, 1.807) is 18.2 Å². The average molecular weight is 363 g/mol. The topological polar surface area (TPSA) is 61.9 Å². The molecule has 0 atom stereocenters. The van der Waals surface area contributed by atoms with Crippen molar-refractivity contribution in [1.82, 2.24) is 19.8 Å². The predicted octanol–water partition coefficient (Wildman–Crippen LogP) is 2.95. The zero-order valence-corrected chi connectivity index (χ0v) is 14.7. The molecule has 0 N–H and O–H groups in total. The molecular formula is C17H16ClFN4O2. The van der Waals surface area contributed by atoms with Gasteiger partial charge in [0.1, 0.15) is 18.2 Å². The van der Waals surface area contributed by atoms with E-state index >= 15 is 0 Å². The van der Waals surface area contributed by atoms with Crippen molar-refractivity contribution < 1.29 is 9.13 Å². The van der Waals surface area contributed by atoms with Gasteiger partial charge in [-0.2, -0.15) is 9.36 Å². The van der Waals surface area contributed by atoms with Gasteiger partial charge in [-0.1, -0.05) is 17.7 Å². The van der Waals surface area contributed by atoms with Crippen LogP contribution >= 0.6 is 11.6 Å². The van der Waals surface area contributed by atoms with E-state index in [1.165, 1.54) is 19.2 Å². The van der Waals surface area contributed by atoms with Crippen molar-refractivity contribution in [1.29, 1.82) is 0 Å². The van der Waals surface area contributed by atoms with Crippen LogP contribution in [0.15, 0.2) is 35.1 Å². The van der Waals surface area contributed by atoms with E-state index in [4.69, 9.17) is 16.3 Å². The van der Waals surface area contributed by atoms with Crippen molar-refractivity contribution in [3.63, 3.8) is 0 Å². The Morgan fingerprint density at radius 3 is 2.60 bits per heavy atom. The first-order valence-electron chi connectivity index (χ1n) is 7.55. The normalized spacial score (nSPS) is 10.9. The Morgan fingerprint density at radius 2 is 1.92 bits per heavy atom. The maximum absolute atomic E-state index is 14.3. The highest BCUT2D eigenvalue weighted by molar-refractivity contribution is 6.32. The van der Waals surface area contributed by atoms with Crippen LogP contribution < -0.4 is 10.4 Å². The van der Waals surface area contributed by atoms with Crippen molar-refractivity contribution >= 4 is 11.6 Å². The van der Waals surface area contributed by atoms with Crippen LogP contribution in [-0.4, -0.2) is 19.8 Å². The van der Waals surface area contributed by atoms with E-state index in [0.29, 0.717) is 10.8 Å². The fourth-order valence-corrected chi connectivity index (χ4v) is 2.64. The lowest BCUT2D eigenvalue weighted by atomic mass is 10.1. The van der Waals surface area contributed by atoms with Gasteiger partial charge in [-0.25, -0.2) is 9.18 Å². The van der Waals surface area contributed by atoms with Gasteiger partial charge in [0.15, 0.2) is 0 Å². The molecule has 3 rings (SSSR count). The van der Waals surface area contributed by atoms with E-state index in [-0.39, 0.29) is 17.9 Å². The summed E-state index contributed by atoms with van der Waals surface area (Å²) in [4.78, 5) is 12.1. The number of aromatic nitrogens is 4. The van der Waals surface area contributed by atoms with Crippen molar-refractivity contribution in [3.8, 4) is 11.4 Å². The highest BCUT2D eigenvalue weighted by Gasteiger charge is 2.16. The number of halogens is 2. The highest BCUT2D eigenvalue weighted by Crippen LogP contribution is 2.29. The Hall–Kier alpha value is -2.67. The van der Waals surface area contributed by atoms with E-state index in [1.807, 2.05) is 13.8 Å². The summed E-state index contributed by atoms with van der Waals surface area (Å²) in [5.41, 5.74) is 2.04. The summed E-state index contributed by atoms with van der Waals surface area (Å²) >= 11 is 6.19. The molecule has 1 aromatic heterocycles. The maximum atomic E-state index is 14.3. The van der Waals surface area contributed by atoms with Gasteiger partial charge in [0, 0.05) is 7.05 Å². The largest absolute Gasteiger partial charge is 0.487 e. The minimum atomic E-state index is -0.505. The number of hydrogen-bond donors (Lipinski definition) is 0. The molecule has 0 fully saturated rings. The van der Waals surface area contributed by atoms with Gasteiger partial charge in [-0.15, -0.1) is 0 Å². The Morgan fingerprint density at radius 1 is 1.20 bits per heavy atom. The Bertz CT molecular complexity index is 997. The van der Waals surface area contributed by atoms with Gasteiger partial charge >= 0.3 is 5.69 Å². The third-order valence-corrected chi connectivity index (χ3v) is 4.26. The molecule has 0 aliphatic heterocycles. The summed E-state index contributed by atoms with van der Waals surface area (Å²) in [6.45, 7) is 3.78. The predicted molar refractivity (Wildman–Crippen MR) is 91.8 cm³/mol. The Balaban J connectivity index is 1.97. The molecule has 0 saturated heterocycles. The summed E-state index contributed by atoms with van der Waals surface area (Å²) in [5.74, 6) is -0.0551. The number of aryl methyl sites for hydroxylation is 3. The smallest absolute Gasteiger partial charge is 0.368 e. The second kappa shape index (κ2) is 6.68. The minimum absolute atomic E-state index is 0.104. The van der Waals surface area contributed by atoms with Gasteiger partial charge < -0.3 is 4.74 Å². The summed E-state index contributed by atoms with van der Waals surface area (Å²) in [6, 6.07) is 7.97. The van der Waals surface area contributed by atoms with Gasteiger partial charge in [-0.05, 0) is 59.7 Å². The fraction of sp³-hybridized carbons (Fsp3) is 0.235. The first-order chi connectivity index (χ1) is 11.9. The molecule has 25 heavy (non-hydrogen) atoms. The van der Waals surface area contributed by atoms with Crippen molar-refractivity contribution in [2.45, 2.75) is 20.5 Å². The van der Waals surface area contributed by atoms with Crippen LogP contribution in [-0.2, 0) is 13.7 Å². The van der Waals surface area contributed by atoms with E-state index in [2.05, 4.69) is 10.4 Å². The molecule has 0 aliphatic rings. The molecule has 2 aromatic carbocycles. The van der Waals surface area contributed by atoms with Crippen LogP contribution in [0, 0.1) is 19.7 Å². The molecule has 0 bridgehead atoms. The fourth-order valence-electron chi connectivity index (χ4n) is 2.37. The molecule has 0 aliphatic carbocycles. The molecule has 0 saturated carbocycles. The van der Waals surface area contributed by atoms with Crippen molar-refractivity contribution in [2.75, 3.05) is 0 Å².